The van der Waals surface area contributed by atoms with E-state index >= 15 is 0 Å². The Morgan fingerprint density at radius 2 is 1.89 bits per heavy atom. The van der Waals surface area contributed by atoms with Crippen molar-refractivity contribution in [3.05, 3.63) is 59.9 Å². The Morgan fingerprint density at radius 1 is 1.05 bits per heavy atom. The average Bonchev–Trinajstić information content (AvgIpc) is 2.88. The number of aliphatic hydroxyl groups excluding tert-OH is 1. The number of pyridine rings is 1. The monoisotopic (exact) mass is 253 g/mol. The van der Waals surface area contributed by atoms with Crippen molar-refractivity contribution >= 4 is 11.0 Å². The molecule has 0 aliphatic heterocycles. The van der Waals surface area contributed by atoms with Crippen LogP contribution in [0.15, 0.2) is 48.7 Å². The molecule has 0 unspecified atom stereocenters. The van der Waals surface area contributed by atoms with Gasteiger partial charge in [0, 0.05) is 6.54 Å². The molecule has 0 atom stereocenters. The summed E-state index contributed by atoms with van der Waals surface area (Å²) in [4.78, 5) is 4.34. The van der Waals surface area contributed by atoms with Crippen molar-refractivity contribution in [1.82, 2.24) is 14.8 Å². The van der Waals surface area contributed by atoms with Crippen LogP contribution in [-0.4, -0.2) is 19.9 Å². The van der Waals surface area contributed by atoms with E-state index in [2.05, 4.69) is 22.2 Å². The molecule has 0 saturated carbocycles. The Morgan fingerprint density at radius 3 is 2.68 bits per heavy atom. The second kappa shape index (κ2) is 5.20. The highest BCUT2D eigenvalue weighted by Crippen LogP contribution is 2.13. The van der Waals surface area contributed by atoms with Crippen molar-refractivity contribution < 1.29 is 5.11 Å². The van der Waals surface area contributed by atoms with Crippen LogP contribution < -0.4 is 0 Å². The van der Waals surface area contributed by atoms with Gasteiger partial charge in [0.15, 0.2) is 0 Å². The molecular formula is C15H15N3O. The molecule has 0 fully saturated rings. The van der Waals surface area contributed by atoms with Crippen LogP contribution in [-0.2, 0) is 19.6 Å². The van der Waals surface area contributed by atoms with Crippen molar-refractivity contribution in [1.29, 1.82) is 0 Å². The summed E-state index contributed by atoms with van der Waals surface area (Å²) < 4.78 is 1.95. The molecule has 1 aromatic carbocycles. The van der Waals surface area contributed by atoms with Gasteiger partial charge in [0.25, 0.3) is 0 Å². The zero-order valence-corrected chi connectivity index (χ0v) is 10.5. The van der Waals surface area contributed by atoms with Gasteiger partial charge in [0.1, 0.15) is 5.52 Å². The zero-order valence-electron chi connectivity index (χ0n) is 10.5. The molecule has 0 saturated heterocycles. The number of nitrogens with zero attached hydrogens (tertiary/aromatic N) is 3. The molecule has 19 heavy (non-hydrogen) atoms. The predicted molar refractivity (Wildman–Crippen MR) is 73.6 cm³/mol. The van der Waals surface area contributed by atoms with E-state index in [1.54, 1.807) is 6.20 Å². The summed E-state index contributed by atoms with van der Waals surface area (Å²) in [6.45, 7) is 0.790. The van der Waals surface area contributed by atoms with E-state index in [0.29, 0.717) is 5.69 Å². The second-order valence-electron chi connectivity index (χ2n) is 4.47. The van der Waals surface area contributed by atoms with Gasteiger partial charge in [-0.15, -0.1) is 0 Å². The van der Waals surface area contributed by atoms with Crippen molar-refractivity contribution in [3.63, 3.8) is 0 Å². The molecule has 96 valence electrons. The van der Waals surface area contributed by atoms with Gasteiger partial charge in [-0.25, -0.2) is 4.98 Å². The molecule has 2 aromatic heterocycles. The molecule has 0 aliphatic carbocycles. The summed E-state index contributed by atoms with van der Waals surface area (Å²) in [5, 5.41) is 13.4. The van der Waals surface area contributed by atoms with Crippen LogP contribution in [0, 0.1) is 0 Å². The number of rotatable bonds is 4. The Labute approximate surface area is 111 Å². The van der Waals surface area contributed by atoms with Crippen LogP contribution in [0.4, 0.5) is 0 Å². The quantitative estimate of drug-likeness (QED) is 0.775. The van der Waals surface area contributed by atoms with Gasteiger partial charge in [-0.1, -0.05) is 30.3 Å². The fourth-order valence-corrected chi connectivity index (χ4v) is 2.16. The number of aryl methyl sites for hydroxylation is 2. The number of benzene rings is 1. The van der Waals surface area contributed by atoms with Gasteiger partial charge in [0.05, 0.1) is 24.0 Å². The molecule has 0 amide bonds. The summed E-state index contributed by atoms with van der Waals surface area (Å²) in [5.74, 6) is 0. The second-order valence-corrected chi connectivity index (χ2v) is 4.47. The maximum atomic E-state index is 9.07. The fourth-order valence-electron chi connectivity index (χ4n) is 2.16. The first-order chi connectivity index (χ1) is 9.36. The first kappa shape index (κ1) is 11.9. The summed E-state index contributed by atoms with van der Waals surface area (Å²) in [6, 6.07) is 14.2. The number of hydrogen-bond donors (Lipinski definition) is 1. The van der Waals surface area contributed by atoms with Crippen LogP contribution >= 0.6 is 0 Å². The standard InChI is InChI=1S/C15H15N3O/c19-11-13-6-7-15-14(17-13)10-16-18(15)9-8-12-4-2-1-3-5-12/h1-7,10,19H,8-9,11H2. The Hall–Kier alpha value is -2.20. The molecule has 3 aromatic rings. The van der Waals surface area contributed by atoms with Crippen LogP contribution in [0.2, 0.25) is 0 Å². The van der Waals surface area contributed by atoms with Gasteiger partial charge in [-0.05, 0) is 24.1 Å². The Kier molecular flexibility index (Phi) is 3.25. The van der Waals surface area contributed by atoms with Crippen molar-refractivity contribution in [2.24, 2.45) is 0 Å². The zero-order chi connectivity index (χ0) is 13.1. The van der Waals surface area contributed by atoms with E-state index in [1.807, 2.05) is 35.0 Å². The predicted octanol–water partition coefficient (Wildman–Crippen LogP) is 2.17. The topological polar surface area (TPSA) is 50.9 Å². The molecule has 0 radical (unpaired) electrons. The molecular weight excluding hydrogens is 238 g/mol. The third kappa shape index (κ3) is 2.48. The minimum Gasteiger partial charge on any atom is -0.390 e. The smallest absolute Gasteiger partial charge is 0.109 e. The number of aromatic nitrogens is 3. The van der Waals surface area contributed by atoms with Crippen LogP contribution in [0.25, 0.3) is 11.0 Å². The van der Waals surface area contributed by atoms with E-state index in [-0.39, 0.29) is 6.61 Å². The number of hydrogen-bond acceptors (Lipinski definition) is 3. The maximum absolute atomic E-state index is 9.07. The third-order valence-corrected chi connectivity index (χ3v) is 3.17. The highest BCUT2D eigenvalue weighted by molar-refractivity contribution is 5.74. The van der Waals surface area contributed by atoms with E-state index in [9.17, 15) is 0 Å². The van der Waals surface area contributed by atoms with Crippen molar-refractivity contribution in [3.8, 4) is 0 Å². The lowest BCUT2D eigenvalue weighted by atomic mass is 10.1. The first-order valence-corrected chi connectivity index (χ1v) is 6.33. The SMILES string of the molecule is OCc1ccc2c(cnn2CCc2ccccc2)n1. The molecule has 0 bridgehead atoms. The van der Waals surface area contributed by atoms with E-state index in [4.69, 9.17) is 5.11 Å². The molecule has 4 nitrogen and oxygen atoms in total. The molecule has 2 heterocycles. The largest absolute Gasteiger partial charge is 0.390 e. The first-order valence-electron chi connectivity index (χ1n) is 6.33. The van der Waals surface area contributed by atoms with E-state index in [1.165, 1.54) is 5.56 Å². The van der Waals surface area contributed by atoms with Gasteiger partial charge in [-0.2, -0.15) is 5.10 Å². The van der Waals surface area contributed by atoms with Gasteiger partial charge < -0.3 is 5.11 Å². The van der Waals surface area contributed by atoms with E-state index < -0.39 is 0 Å². The van der Waals surface area contributed by atoms with Crippen LogP contribution in [0.3, 0.4) is 0 Å². The molecule has 1 N–H and O–H groups in total. The van der Waals surface area contributed by atoms with Gasteiger partial charge >= 0.3 is 0 Å². The summed E-state index contributed by atoms with van der Waals surface area (Å²) >= 11 is 0. The van der Waals surface area contributed by atoms with Crippen molar-refractivity contribution in [2.45, 2.75) is 19.6 Å². The summed E-state index contributed by atoms with van der Waals surface area (Å²) in [5.41, 5.74) is 3.81. The average molecular weight is 253 g/mol. The maximum Gasteiger partial charge on any atom is 0.109 e. The lowest BCUT2D eigenvalue weighted by molar-refractivity contribution is 0.277. The van der Waals surface area contributed by atoms with Crippen LogP contribution in [0.5, 0.6) is 0 Å². The lowest BCUT2D eigenvalue weighted by Crippen LogP contribution is -2.03. The van der Waals surface area contributed by atoms with Crippen molar-refractivity contribution in [2.75, 3.05) is 0 Å². The molecule has 4 heteroatoms. The van der Waals surface area contributed by atoms with E-state index in [0.717, 1.165) is 24.0 Å². The fraction of sp³-hybridized carbons (Fsp3) is 0.200. The lowest BCUT2D eigenvalue weighted by Gasteiger charge is -2.04. The Bertz CT molecular complexity index is 676. The third-order valence-electron chi connectivity index (χ3n) is 3.17. The van der Waals surface area contributed by atoms with Gasteiger partial charge in [0.2, 0.25) is 0 Å². The molecule has 3 rings (SSSR count). The molecule has 0 spiro atoms. The number of aliphatic hydroxyl groups is 1. The highest BCUT2D eigenvalue weighted by Gasteiger charge is 2.04. The minimum absolute atomic E-state index is 0.0366. The van der Waals surface area contributed by atoms with Crippen LogP contribution in [0.1, 0.15) is 11.3 Å². The number of fused-ring (bicyclic) bond motifs is 1. The van der Waals surface area contributed by atoms with Gasteiger partial charge in [-0.3, -0.25) is 4.68 Å². The summed E-state index contributed by atoms with van der Waals surface area (Å²) in [6.07, 6.45) is 2.69. The highest BCUT2D eigenvalue weighted by atomic mass is 16.3. The Balaban J connectivity index is 1.82. The summed E-state index contributed by atoms with van der Waals surface area (Å²) in [7, 11) is 0. The minimum atomic E-state index is -0.0366. The molecule has 0 aliphatic rings. The normalized spacial score (nSPS) is 11.0.